The van der Waals surface area contributed by atoms with Crippen LogP contribution in [0.1, 0.15) is 21.1 Å². The molecule has 5 nitrogen and oxygen atoms in total. The standard InChI is InChI=1S/C12H10F3N3O2S/c13-12(14,15)7-2-1-3-9(4-7)20-5-8-6-21-11(17-8)10(19)18-16/h1-4,6H,5,16H2,(H,18,19). The van der Waals surface area contributed by atoms with Gasteiger partial charge < -0.3 is 4.74 Å². The van der Waals surface area contributed by atoms with Crippen LogP contribution < -0.4 is 16.0 Å². The molecule has 1 aromatic heterocycles. The third-order valence-electron chi connectivity index (χ3n) is 2.43. The fourth-order valence-corrected chi connectivity index (χ4v) is 2.16. The number of ether oxygens (including phenoxy) is 1. The number of alkyl halides is 3. The number of hydrogen-bond donors (Lipinski definition) is 2. The Morgan fingerprint density at radius 2 is 2.19 bits per heavy atom. The first-order valence-electron chi connectivity index (χ1n) is 5.65. The van der Waals surface area contributed by atoms with E-state index in [-0.39, 0.29) is 17.4 Å². The molecule has 1 heterocycles. The number of rotatable bonds is 4. The van der Waals surface area contributed by atoms with Crippen molar-refractivity contribution in [1.82, 2.24) is 10.4 Å². The predicted molar refractivity (Wildman–Crippen MR) is 69.5 cm³/mol. The second kappa shape index (κ2) is 6.10. The van der Waals surface area contributed by atoms with E-state index in [4.69, 9.17) is 10.6 Å². The fourth-order valence-electron chi connectivity index (χ4n) is 1.46. The number of nitrogens with one attached hydrogen (secondary N) is 1. The smallest absolute Gasteiger partial charge is 0.416 e. The molecule has 0 radical (unpaired) electrons. The fraction of sp³-hybridized carbons (Fsp3) is 0.167. The van der Waals surface area contributed by atoms with Gasteiger partial charge in [0, 0.05) is 5.38 Å². The maximum Gasteiger partial charge on any atom is 0.416 e. The summed E-state index contributed by atoms with van der Waals surface area (Å²) < 4.78 is 42.9. The van der Waals surface area contributed by atoms with Crippen molar-refractivity contribution in [2.45, 2.75) is 12.8 Å². The number of halogens is 3. The average molecular weight is 317 g/mol. The summed E-state index contributed by atoms with van der Waals surface area (Å²) in [6, 6.07) is 4.53. The lowest BCUT2D eigenvalue weighted by Gasteiger charge is -2.09. The van der Waals surface area contributed by atoms with Crippen LogP contribution in [0.4, 0.5) is 13.2 Å². The Labute approximate surface area is 121 Å². The number of benzene rings is 1. The molecule has 0 aliphatic heterocycles. The number of hydrazine groups is 1. The van der Waals surface area contributed by atoms with Gasteiger partial charge >= 0.3 is 6.18 Å². The van der Waals surface area contributed by atoms with Gasteiger partial charge in [-0.05, 0) is 18.2 Å². The molecule has 0 aliphatic rings. The molecule has 0 unspecified atom stereocenters. The molecule has 2 aromatic rings. The lowest BCUT2D eigenvalue weighted by Crippen LogP contribution is -2.29. The maximum absolute atomic E-state index is 12.5. The highest BCUT2D eigenvalue weighted by Gasteiger charge is 2.30. The van der Waals surface area contributed by atoms with Crippen LogP contribution in [0, 0.1) is 0 Å². The van der Waals surface area contributed by atoms with Gasteiger partial charge in [0.25, 0.3) is 5.91 Å². The van der Waals surface area contributed by atoms with Gasteiger partial charge in [-0.2, -0.15) is 13.2 Å². The van der Waals surface area contributed by atoms with Crippen LogP contribution in [-0.2, 0) is 12.8 Å². The van der Waals surface area contributed by atoms with Crippen molar-refractivity contribution in [3.8, 4) is 5.75 Å². The van der Waals surface area contributed by atoms with Gasteiger partial charge in [0.1, 0.15) is 12.4 Å². The Balaban J connectivity index is 2.03. The minimum atomic E-state index is -4.42. The Bertz CT molecular complexity index is 643. The van der Waals surface area contributed by atoms with E-state index in [1.165, 1.54) is 12.1 Å². The number of carbonyl (C=O) groups is 1. The first-order valence-corrected chi connectivity index (χ1v) is 6.53. The molecule has 112 valence electrons. The molecule has 3 N–H and O–H groups in total. The van der Waals surface area contributed by atoms with Gasteiger partial charge in [0.15, 0.2) is 5.01 Å². The van der Waals surface area contributed by atoms with Crippen molar-refractivity contribution in [3.05, 3.63) is 45.9 Å². The zero-order valence-electron chi connectivity index (χ0n) is 10.5. The normalized spacial score (nSPS) is 11.2. The van der Waals surface area contributed by atoms with E-state index in [1.807, 2.05) is 5.43 Å². The molecule has 0 bridgehead atoms. The molecule has 0 aliphatic carbocycles. The molecule has 0 saturated heterocycles. The van der Waals surface area contributed by atoms with Gasteiger partial charge in [-0.1, -0.05) is 6.07 Å². The molecule has 1 aromatic carbocycles. The van der Waals surface area contributed by atoms with Crippen LogP contribution in [0.2, 0.25) is 0 Å². The lowest BCUT2D eigenvalue weighted by atomic mass is 10.2. The van der Waals surface area contributed by atoms with E-state index in [0.29, 0.717) is 5.69 Å². The molecular formula is C12H10F3N3O2S. The first kappa shape index (κ1) is 15.3. The number of aromatic nitrogens is 1. The highest BCUT2D eigenvalue weighted by atomic mass is 32.1. The van der Waals surface area contributed by atoms with Crippen LogP contribution in [0.5, 0.6) is 5.75 Å². The van der Waals surface area contributed by atoms with E-state index in [2.05, 4.69) is 4.98 Å². The van der Waals surface area contributed by atoms with E-state index in [1.54, 1.807) is 5.38 Å². The zero-order valence-corrected chi connectivity index (χ0v) is 11.3. The number of nitrogens with two attached hydrogens (primary N) is 1. The maximum atomic E-state index is 12.5. The highest BCUT2D eigenvalue weighted by Crippen LogP contribution is 2.31. The van der Waals surface area contributed by atoms with E-state index in [9.17, 15) is 18.0 Å². The molecule has 21 heavy (non-hydrogen) atoms. The van der Waals surface area contributed by atoms with E-state index in [0.717, 1.165) is 23.5 Å². The number of thiazole rings is 1. The second-order valence-corrected chi connectivity index (χ2v) is 4.79. The number of nitrogens with zero attached hydrogens (tertiary/aromatic N) is 1. The summed E-state index contributed by atoms with van der Waals surface area (Å²) in [5.74, 6) is 4.50. The third-order valence-corrected chi connectivity index (χ3v) is 3.32. The van der Waals surface area contributed by atoms with E-state index >= 15 is 0 Å². The van der Waals surface area contributed by atoms with Crippen molar-refractivity contribution < 1.29 is 22.7 Å². The minimum Gasteiger partial charge on any atom is -0.487 e. The summed E-state index contributed by atoms with van der Waals surface area (Å²) in [7, 11) is 0. The van der Waals surface area contributed by atoms with E-state index < -0.39 is 17.6 Å². The van der Waals surface area contributed by atoms with Crippen molar-refractivity contribution >= 4 is 17.2 Å². The zero-order chi connectivity index (χ0) is 15.5. The van der Waals surface area contributed by atoms with Crippen molar-refractivity contribution in [1.29, 1.82) is 0 Å². The van der Waals surface area contributed by atoms with Gasteiger partial charge in [0.05, 0.1) is 11.3 Å². The Kier molecular flexibility index (Phi) is 4.43. The van der Waals surface area contributed by atoms with Gasteiger partial charge in [0.2, 0.25) is 0 Å². The van der Waals surface area contributed by atoms with Gasteiger partial charge in [-0.3, -0.25) is 10.2 Å². The van der Waals surface area contributed by atoms with Crippen molar-refractivity contribution in [2.75, 3.05) is 0 Å². The summed E-state index contributed by atoms with van der Waals surface area (Å²) >= 11 is 1.06. The van der Waals surface area contributed by atoms with Crippen molar-refractivity contribution in [3.63, 3.8) is 0 Å². The SMILES string of the molecule is NNC(=O)c1nc(COc2cccc(C(F)(F)F)c2)cs1. The third kappa shape index (κ3) is 3.92. The molecule has 9 heteroatoms. The quantitative estimate of drug-likeness (QED) is 0.515. The first-order chi connectivity index (χ1) is 9.90. The molecule has 0 saturated carbocycles. The number of amides is 1. The van der Waals surface area contributed by atoms with Crippen LogP contribution in [0.15, 0.2) is 29.6 Å². The largest absolute Gasteiger partial charge is 0.487 e. The van der Waals surface area contributed by atoms with Gasteiger partial charge in [-0.25, -0.2) is 10.8 Å². The van der Waals surface area contributed by atoms with Crippen LogP contribution in [0.25, 0.3) is 0 Å². The molecular weight excluding hydrogens is 307 g/mol. The lowest BCUT2D eigenvalue weighted by molar-refractivity contribution is -0.137. The molecule has 2 rings (SSSR count). The Morgan fingerprint density at radius 3 is 2.86 bits per heavy atom. The summed E-state index contributed by atoms with van der Waals surface area (Å²) in [6.45, 7) is -0.0460. The second-order valence-electron chi connectivity index (χ2n) is 3.93. The predicted octanol–water partition coefficient (Wildman–Crippen LogP) is 2.34. The monoisotopic (exact) mass is 317 g/mol. The average Bonchev–Trinajstić information content (AvgIpc) is 2.92. The summed E-state index contributed by atoms with van der Waals surface area (Å²) in [5.41, 5.74) is 1.57. The number of carbonyl (C=O) groups excluding carboxylic acids is 1. The number of hydrogen-bond acceptors (Lipinski definition) is 5. The highest BCUT2D eigenvalue weighted by molar-refractivity contribution is 7.11. The molecule has 0 atom stereocenters. The van der Waals surface area contributed by atoms with Crippen LogP contribution in [-0.4, -0.2) is 10.9 Å². The topological polar surface area (TPSA) is 77.2 Å². The Hall–Kier alpha value is -2.13. The number of nitrogen functional groups attached to an aromatic ring is 1. The molecule has 0 fully saturated rings. The van der Waals surface area contributed by atoms with Crippen molar-refractivity contribution in [2.24, 2.45) is 5.84 Å². The Morgan fingerprint density at radius 1 is 1.43 bits per heavy atom. The van der Waals surface area contributed by atoms with Crippen LogP contribution in [0.3, 0.4) is 0 Å². The van der Waals surface area contributed by atoms with Gasteiger partial charge in [-0.15, -0.1) is 11.3 Å². The molecule has 0 spiro atoms. The summed E-state index contributed by atoms with van der Waals surface area (Å²) in [5, 5.41) is 1.72. The summed E-state index contributed by atoms with van der Waals surface area (Å²) in [6.07, 6.45) is -4.42. The molecule has 1 amide bonds. The minimum absolute atomic E-state index is 0.0460. The van der Waals surface area contributed by atoms with Crippen LogP contribution >= 0.6 is 11.3 Å². The summed E-state index contributed by atoms with van der Waals surface area (Å²) in [4.78, 5) is 15.1.